The Kier molecular flexibility index (Phi) is 5.11. The molecule has 0 bridgehead atoms. The second kappa shape index (κ2) is 7.60. The average Bonchev–Trinajstić information content (AvgIpc) is 3.30. The predicted octanol–water partition coefficient (Wildman–Crippen LogP) is 2.77. The quantitative estimate of drug-likeness (QED) is 0.688. The molecule has 2 saturated heterocycles. The van der Waals surface area contributed by atoms with Gasteiger partial charge in [0, 0.05) is 37.5 Å². The summed E-state index contributed by atoms with van der Waals surface area (Å²) in [6.07, 6.45) is 0.805. The zero-order valence-electron chi connectivity index (χ0n) is 18.1. The Balaban J connectivity index is 1.34. The molecule has 0 aromatic heterocycles. The van der Waals surface area contributed by atoms with Crippen LogP contribution >= 0.6 is 11.8 Å². The van der Waals surface area contributed by atoms with Crippen LogP contribution in [0.4, 0.5) is 5.69 Å². The summed E-state index contributed by atoms with van der Waals surface area (Å²) in [6, 6.07) is 12.8. The fourth-order valence-corrected chi connectivity index (χ4v) is 7.68. The summed E-state index contributed by atoms with van der Waals surface area (Å²) in [7, 11) is -3.62. The fraction of sp³-hybridized carbons (Fsp3) is 0.391. The number of piperazine rings is 1. The van der Waals surface area contributed by atoms with E-state index in [9.17, 15) is 18.0 Å². The van der Waals surface area contributed by atoms with Crippen LogP contribution in [-0.2, 0) is 19.6 Å². The molecule has 0 aliphatic carbocycles. The van der Waals surface area contributed by atoms with E-state index < -0.39 is 14.9 Å². The monoisotopic (exact) mass is 471 g/mol. The Hall–Kier alpha value is -2.36. The van der Waals surface area contributed by atoms with Gasteiger partial charge in [0.2, 0.25) is 15.9 Å². The number of nitrogens with zero attached hydrogens (tertiary/aromatic N) is 3. The van der Waals surface area contributed by atoms with Crippen molar-refractivity contribution in [3.63, 3.8) is 0 Å². The van der Waals surface area contributed by atoms with Crippen LogP contribution in [0.3, 0.4) is 0 Å². The number of anilines is 1. The third-order valence-electron chi connectivity index (χ3n) is 6.65. The summed E-state index contributed by atoms with van der Waals surface area (Å²) in [5.74, 6) is -0.139. The first-order valence-electron chi connectivity index (χ1n) is 10.7. The molecule has 2 aromatic carbocycles. The number of amides is 2. The number of benzene rings is 2. The third-order valence-corrected chi connectivity index (χ3v) is 10.0. The Labute approximate surface area is 192 Å². The molecular formula is C23H25N3O4S2. The first-order valence-corrected chi connectivity index (χ1v) is 13.0. The summed E-state index contributed by atoms with van der Waals surface area (Å²) >= 11 is 1.45. The molecule has 0 saturated carbocycles. The van der Waals surface area contributed by atoms with E-state index >= 15 is 0 Å². The second-order valence-electron chi connectivity index (χ2n) is 8.53. The molecule has 2 amide bonds. The number of hydrogen-bond acceptors (Lipinski definition) is 5. The Morgan fingerprint density at radius 3 is 2.44 bits per heavy atom. The molecule has 9 heteroatoms. The van der Waals surface area contributed by atoms with Gasteiger partial charge in [-0.05, 0) is 55.7 Å². The highest BCUT2D eigenvalue weighted by atomic mass is 32.2. The standard InChI is InChI=1S/C23H25N3O4S2/c1-16-7-8-18(15-17(16)2)32(29,30)25-13-11-24(12-14-25)22(28)23-10-9-21(27)26(23)19-5-3-4-6-20(19)31-23/h3-8,15H,9-14H2,1-2H3. The number of rotatable bonds is 3. The molecular weight excluding hydrogens is 446 g/mol. The van der Waals surface area contributed by atoms with Crippen molar-refractivity contribution in [2.75, 3.05) is 31.1 Å². The maximum atomic E-state index is 13.7. The number of para-hydroxylation sites is 1. The van der Waals surface area contributed by atoms with Gasteiger partial charge in [0.05, 0.1) is 10.6 Å². The average molecular weight is 472 g/mol. The van der Waals surface area contributed by atoms with Crippen molar-refractivity contribution in [3.8, 4) is 0 Å². The van der Waals surface area contributed by atoms with Gasteiger partial charge in [-0.1, -0.05) is 30.0 Å². The Morgan fingerprint density at radius 1 is 1.00 bits per heavy atom. The SMILES string of the molecule is Cc1ccc(S(=O)(=O)N2CCN(C(=O)C34CCC(=O)N3c3ccccc3S4)CC2)cc1C. The van der Waals surface area contributed by atoms with Crippen molar-refractivity contribution < 1.29 is 18.0 Å². The van der Waals surface area contributed by atoms with Crippen LogP contribution in [0.25, 0.3) is 0 Å². The summed E-state index contributed by atoms with van der Waals surface area (Å²) < 4.78 is 27.7. The lowest BCUT2D eigenvalue weighted by atomic mass is 10.1. The lowest BCUT2D eigenvalue weighted by Gasteiger charge is -2.39. The van der Waals surface area contributed by atoms with E-state index in [4.69, 9.17) is 0 Å². The van der Waals surface area contributed by atoms with Crippen molar-refractivity contribution in [1.82, 2.24) is 9.21 Å². The van der Waals surface area contributed by atoms with Gasteiger partial charge in [-0.2, -0.15) is 4.31 Å². The summed E-state index contributed by atoms with van der Waals surface area (Å²) in [5, 5.41) is 0. The molecule has 3 aliphatic rings. The van der Waals surface area contributed by atoms with Gasteiger partial charge in [0.1, 0.15) is 0 Å². The summed E-state index contributed by atoms with van der Waals surface area (Å²) in [4.78, 5) is 30.0. The molecule has 1 unspecified atom stereocenters. The maximum Gasteiger partial charge on any atom is 0.259 e. The number of sulfonamides is 1. The zero-order valence-corrected chi connectivity index (χ0v) is 19.7. The van der Waals surface area contributed by atoms with Crippen LogP contribution in [-0.4, -0.2) is 60.5 Å². The number of aryl methyl sites for hydroxylation is 2. The van der Waals surface area contributed by atoms with Crippen molar-refractivity contribution in [3.05, 3.63) is 53.6 Å². The Morgan fingerprint density at radius 2 is 1.72 bits per heavy atom. The van der Waals surface area contributed by atoms with Crippen molar-refractivity contribution in [2.24, 2.45) is 0 Å². The highest BCUT2D eigenvalue weighted by molar-refractivity contribution is 8.02. The molecule has 3 aliphatic heterocycles. The number of carbonyl (C=O) groups is 2. The summed E-state index contributed by atoms with van der Waals surface area (Å²) in [5.41, 5.74) is 2.77. The van der Waals surface area contributed by atoms with Gasteiger partial charge >= 0.3 is 0 Å². The van der Waals surface area contributed by atoms with Gasteiger partial charge in [0.15, 0.2) is 4.87 Å². The largest absolute Gasteiger partial charge is 0.337 e. The van der Waals surface area contributed by atoms with Gasteiger partial charge in [-0.25, -0.2) is 8.42 Å². The predicted molar refractivity (Wildman–Crippen MR) is 123 cm³/mol. The lowest BCUT2D eigenvalue weighted by molar-refractivity contribution is -0.135. The molecule has 168 valence electrons. The van der Waals surface area contributed by atoms with Gasteiger partial charge in [-0.15, -0.1) is 0 Å². The third kappa shape index (κ3) is 3.17. The molecule has 0 N–H and O–H groups in total. The van der Waals surface area contributed by atoms with E-state index in [0.717, 1.165) is 21.7 Å². The van der Waals surface area contributed by atoms with Crippen LogP contribution in [0.1, 0.15) is 24.0 Å². The first-order chi connectivity index (χ1) is 15.2. The van der Waals surface area contributed by atoms with E-state index in [1.165, 1.54) is 16.1 Å². The van der Waals surface area contributed by atoms with Crippen LogP contribution in [0.15, 0.2) is 52.3 Å². The molecule has 0 spiro atoms. The van der Waals surface area contributed by atoms with Crippen LogP contribution in [0.2, 0.25) is 0 Å². The Bertz CT molecular complexity index is 1220. The van der Waals surface area contributed by atoms with E-state index in [1.807, 2.05) is 44.2 Å². The fourth-order valence-electron chi connectivity index (χ4n) is 4.69. The molecule has 0 radical (unpaired) electrons. The van der Waals surface area contributed by atoms with Crippen molar-refractivity contribution in [1.29, 1.82) is 0 Å². The minimum atomic E-state index is -3.62. The molecule has 5 rings (SSSR count). The second-order valence-corrected chi connectivity index (χ2v) is 11.8. The van der Waals surface area contributed by atoms with Gasteiger partial charge < -0.3 is 4.90 Å². The highest BCUT2D eigenvalue weighted by Crippen LogP contribution is 2.56. The van der Waals surface area contributed by atoms with Gasteiger partial charge in [-0.3, -0.25) is 14.5 Å². The molecule has 2 aromatic rings. The van der Waals surface area contributed by atoms with Crippen molar-refractivity contribution in [2.45, 2.75) is 41.4 Å². The molecule has 7 nitrogen and oxygen atoms in total. The topological polar surface area (TPSA) is 78.0 Å². The number of thioether (sulfide) groups is 1. The zero-order chi connectivity index (χ0) is 22.7. The number of hydrogen-bond donors (Lipinski definition) is 0. The first kappa shape index (κ1) is 21.5. The lowest BCUT2D eigenvalue weighted by Crippen LogP contribution is -2.58. The van der Waals surface area contributed by atoms with Gasteiger partial charge in [0.25, 0.3) is 5.91 Å². The van der Waals surface area contributed by atoms with Crippen LogP contribution in [0.5, 0.6) is 0 Å². The number of carbonyl (C=O) groups excluding carboxylic acids is 2. The smallest absolute Gasteiger partial charge is 0.259 e. The van der Waals surface area contributed by atoms with E-state index in [1.54, 1.807) is 21.9 Å². The molecule has 32 heavy (non-hydrogen) atoms. The van der Waals surface area contributed by atoms with Crippen LogP contribution in [0, 0.1) is 13.8 Å². The van der Waals surface area contributed by atoms with Crippen molar-refractivity contribution >= 4 is 39.3 Å². The maximum absolute atomic E-state index is 13.7. The normalized spacial score (nSPS) is 23.4. The molecule has 3 heterocycles. The summed E-state index contributed by atoms with van der Waals surface area (Å²) in [6.45, 7) is 4.94. The van der Waals surface area contributed by atoms with E-state index in [2.05, 4.69) is 0 Å². The highest BCUT2D eigenvalue weighted by Gasteiger charge is 2.58. The van der Waals surface area contributed by atoms with E-state index in [-0.39, 0.29) is 29.8 Å². The minimum Gasteiger partial charge on any atom is -0.337 e. The number of fused-ring (bicyclic) bond motifs is 3. The van der Waals surface area contributed by atoms with E-state index in [0.29, 0.717) is 25.9 Å². The molecule has 2 fully saturated rings. The van der Waals surface area contributed by atoms with Crippen LogP contribution < -0.4 is 4.90 Å². The minimum absolute atomic E-state index is 0.0354. The molecule has 1 atom stereocenters.